The first kappa shape index (κ1) is 13.2. The summed E-state index contributed by atoms with van der Waals surface area (Å²) in [6.07, 6.45) is 2.68. The fourth-order valence-corrected chi connectivity index (χ4v) is 2.01. The summed E-state index contributed by atoms with van der Waals surface area (Å²) < 4.78 is 5.15. The molecule has 2 rings (SSSR count). The molecule has 0 bridgehead atoms. The Morgan fingerprint density at radius 1 is 1.44 bits per heavy atom. The van der Waals surface area contributed by atoms with Gasteiger partial charge >= 0.3 is 0 Å². The van der Waals surface area contributed by atoms with Crippen LogP contribution in [0.2, 0.25) is 0 Å². The van der Waals surface area contributed by atoms with Gasteiger partial charge in [-0.05, 0) is 38.1 Å². The van der Waals surface area contributed by atoms with Gasteiger partial charge in [0.25, 0.3) is 0 Å². The Hall–Kier alpha value is -1.26. The zero-order valence-electron chi connectivity index (χ0n) is 11.1. The van der Waals surface area contributed by atoms with E-state index < -0.39 is 0 Å². The molecule has 0 spiro atoms. The lowest BCUT2D eigenvalue weighted by atomic mass is 10.2. The maximum Gasteiger partial charge on any atom is 0.120 e. The third-order valence-corrected chi connectivity index (χ3v) is 3.41. The maximum atomic E-state index is 9.73. The van der Waals surface area contributed by atoms with Gasteiger partial charge in [0.1, 0.15) is 11.5 Å². The van der Waals surface area contributed by atoms with Crippen LogP contribution in [0.1, 0.15) is 18.4 Å². The molecule has 1 aliphatic rings. The van der Waals surface area contributed by atoms with Crippen molar-refractivity contribution in [2.75, 3.05) is 27.2 Å². The van der Waals surface area contributed by atoms with Crippen LogP contribution < -0.4 is 10.1 Å². The second-order valence-corrected chi connectivity index (χ2v) is 4.88. The van der Waals surface area contributed by atoms with E-state index in [-0.39, 0.29) is 0 Å². The predicted octanol–water partition coefficient (Wildman–Crippen LogP) is 1.58. The van der Waals surface area contributed by atoms with Crippen LogP contribution in [0.4, 0.5) is 0 Å². The summed E-state index contributed by atoms with van der Waals surface area (Å²) in [4.78, 5) is 2.39. The van der Waals surface area contributed by atoms with Gasteiger partial charge in [-0.2, -0.15) is 0 Å². The van der Waals surface area contributed by atoms with Gasteiger partial charge in [0.05, 0.1) is 7.11 Å². The molecule has 1 aliphatic carbocycles. The maximum absolute atomic E-state index is 9.73. The molecule has 1 aromatic carbocycles. The van der Waals surface area contributed by atoms with Crippen LogP contribution in [0.5, 0.6) is 11.5 Å². The van der Waals surface area contributed by atoms with Crippen molar-refractivity contribution >= 4 is 0 Å². The highest BCUT2D eigenvalue weighted by atomic mass is 16.5. The van der Waals surface area contributed by atoms with Gasteiger partial charge < -0.3 is 20.1 Å². The predicted molar refractivity (Wildman–Crippen MR) is 72.0 cm³/mol. The average molecular weight is 250 g/mol. The number of hydrogen-bond donors (Lipinski definition) is 2. The number of rotatable bonds is 7. The van der Waals surface area contributed by atoms with Crippen LogP contribution in [-0.2, 0) is 6.54 Å². The highest BCUT2D eigenvalue weighted by Gasteiger charge is 2.25. The quantitative estimate of drug-likeness (QED) is 0.721. The second kappa shape index (κ2) is 6.07. The third kappa shape index (κ3) is 3.62. The van der Waals surface area contributed by atoms with Gasteiger partial charge in [-0.3, -0.25) is 0 Å². The van der Waals surface area contributed by atoms with Crippen molar-refractivity contribution in [2.24, 2.45) is 0 Å². The van der Waals surface area contributed by atoms with Crippen molar-refractivity contribution in [2.45, 2.75) is 25.4 Å². The minimum Gasteiger partial charge on any atom is -0.508 e. The summed E-state index contributed by atoms with van der Waals surface area (Å²) >= 11 is 0. The monoisotopic (exact) mass is 250 g/mol. The number of nitrogens with one attached hydrogen (secondary N) is 1. The van der Waals surface area contributed by atoms with E-state index in [1.807, 2.05) is 6.07 Å². The fourth-order valence-electron chi connectivity index (χ4n) is 2.01. The number of phenols is 1. The molecule has 18 heavy (non-hydrogen) atoms. The first-order valence-corrected chi connectivity index (χ1v) is 6.47. The minimum absolute atomic E-state index is 0.318. The first-order chi connectivity index (χ1) is 8.70. The summed E-state index contributed by atoms with van der Waals surface area (Å²) in [6, 6.07) is 6.11. The molecule has 100 valence electrons. The number of ether oxygens (including phenoxy) is 1. The molecule has 0 heterocycles. The summed E-state index contributed by atoms with van der Waals surface area (Å²) in [7, 11) is 3.80. The summed E-state index contributed by atoms with van der Waals surface area (Å²) in [5.41, 5.74) is 0.878. The van der Waals surface area contributed by atoms with Crippen LogP contribution >= 0.6 is 0 Å². The highest BCUT2D eigenvalue weighted by Crippen LogP contribution is 2.25. The molecular weight excluding hydrogens is 228 g/mol. The molecule has 0 amide bonds. The number of benzene rings is 1. The van der Waals surface area contributed by atoms with Crippen LogP contribution in [0, 0.1) is 0 Å². The molecule has 0 aliphatic heterocycles. The Bertz CT molecular complexity index is 391. The van der Waals surface area contributed by atoms with Crippen LogP contribution in [0.25, 0.3) is 0 Å². The van der Waals surface area contributed by atoms with Crippen molar-refractivity contribution in [3.05, 3.63) is 23.8 Å². The largest absolute Gasteiger partial charge is 0.508 e. The van der Waals surface area contributed by atoms with Crippen LogP contribution in [0.3, 0.4) is 0 Å². The standard InChI is InChI=1S/C14H22N2O2/c1-16(12-3-4-12)8-7-15-10-11-9-13(18-2)5-6-14(11)17/h5-6,9,12,15,17H,3-4,7-8,10H2,1-2H3. The van der Waals surface area contributed by atoms with Crippen molar-refractivity contribution in [1.82, 2.24) is 10.2 Å². The van der Waals surface area contributed by atoms with Crippen LogP contribution in [0.15, 0.2) is 18.2 Å². The van der Waals surface area contributed by atoms with E-state index in [1.165, 1.54) is 12.8 Å². The molecule has 0 radical (unpaired) electrons. The van der Waals surface area contributed by atoms with Gasteiger partial charge in [0.2, 0.25) is 0 Å². The summed E-state index contributed by atoms with van der Waals surface area (Å²) in [5, 5.41) is 13.1. The molecule has 0 saturated heterocycles. The molecule has 1 saturated carbocycles. The fraction of sp³-hybridized carbons (Fsp3) is 0.571. The van der Waals surface area contributed by atoms with E-state index in [2.05, 4.69) is 17.3 Å². The van der Waals surface area contributed by atoms with E-state index in [1.54, 1.807) is 19.2 Å². The Kier molecular flexibility index (Phi) is 4.44. The summed E-state index contributed by atoms with van der Waals surface area (Å²) in [6.45, 7) is 2.65. The number of likely N-dealkylation sites (N-methyl/N-ethyl adjacent to an activating group) is 1. The van der Waals surface area contributed by atoms with Gasteiger partial charge in [-0.25, -0.2) is 0 Å². The van der Waals surface area contributed by atoms with Gasteiger partial charge in [-0.15, -0.1) is 0 Å². The lowest BCUT2D eigenvalue weighted by Gasteiger charge is -2.16. The van der Waals surface area contributed by atoms with Gasteiger partial charge in [0, 0.05) is 31.2 Å². The molecule has 1 fully saturated rings. The molecule has 1 aromatic rings. The number of methoxy groups -OCH3 is 1. The molecule has 2 N–H and O–H groups in total. The van der Waals surface area contributed by atoms with Gasteiger partial charge in [-0.1, -0.05) is 0 Å². The normalized spacial score (nSPS) is 15.1. The number of aromatic hydroxyl groups is 1. The van der Waals surface area contributed by atoms with Crippen molar-refractivity contribution in [3.63, 3.8) is 0 Å². The van der Waals surface area contributed by atoms with E-state index in [0.29, 0.717) is 12.3 Å². The Labute approximate surface area is 109 Å². The molecule has 4 nitrogen and oxygen atoms in total. The molecule has 0 aromatic heterocycles. The molecule has 0 unspecified atom stereocenters. The van der Waals surface area contributed by atoms with Crippen molar-refractivity contribution in [1.29, 1.82) is 0 Å². The van der Waals surface area contributed by atoms with Crippen LogP contribution in [-0.4, -0.2) is 43.3 Å². The SMILES string of the molecule is COc1ccc(O)c(CNCCN(C)C2CC2)c1. The summed E-state index contributed by atoms with van der Waals surface area (Å²) in [5.74, 6) is 1.10. The topological polar surface area (TPSA) is 44.7 Å². The number of nitrogens with zero attached hydrogens (tertiary/aromatic N) is 1. The van der Waals surface area contributed by atoms with E-state index in [4.69, 9.17) is 4.74 Å². The second-order valence-electron chi connectivity index (χ2n) is 4.88. The van der Waals surface area contributed by atoms with Crippen molar-refractivity contribution < 1.29 is 9.84 Å². The Morgan fingerprint density at radius 2 is 2.22 bits per heavy atom. The average Bonchev–Trinajstić information content (AvgIpc) is 3.20. The zero-order chi connectivity index (χ0) is 13.0. The smallest absolute Gasteiger partial charge is 0.120 e. The Morgan fingerprint density at radius 3 is 2.89 bits per heavy atom. The lowest BCUT2D eigenvalue weighted by molar-refractivity contribution is 0.321. The zero-order valence-corrected chi connectivity index (χ0v) is 11.1. The molecular formula is C14H22N2O2. The lowest BCUT2D eigenvalue weighted by Crippen LogP contribution is -2.30. The number of phenolic OH excluding ortho intramolecular Hbond substituents is 1. The minimum atomic E-state index is 0.318. The molecule has 4 heteroatoms. The Balaban J connectivity index is 1.75. The number of hydrogen-bond acceptors (Lipinski definition) is 4. The molecule has 0 atom stereocenters. The van der Waals surface area contributed by atoms with Crippen molar-refractivity contribution in [3.8, 4) is 11.5 Å². The van der Waals surface area contributed by atoms with E-state index in [0.717, 1.165) is 30.4 Å². The van der Waals surface area contributed by atoms with Gasteiger partial charge in [0.15, 0.2) is 0 Å². The van der Waals surface area contributed by atoms with E-state index in [9.17, 15) is 5.11 Å². The first-order valence-electron chi connectivity index (χ1n) is 6.47. The highest BCUT2D eigenvalue weighted by molar-refractivity contribution is 5.39. The third-order valence-electron chi connectivity index (χ3n) is 3.41. The van der Waals surface area contributed by atoms with E-state index >= 15 is 0 Å².